The van der Waals surface area contributed by atoms with Crippen LogP contribution in [0.15, 0.2) is 40.4 Å². The highest BCUT2D eigenvalue weighted by Gasteiger charge is 2.28. The second-order valence-electron chi connectivity index (χ2n) is 4.61. The first kappa shape index (κ1) is 17.1. The minimum atomic E-state index is -4.56. The first-order valence-corrected chi connectivity index (χ1v) is 8.10. The lowest BCUT2D eigenvalue weighted by atomic mass is 10.2. The smallest absolute Gasteiger partial charge is 0.290 e. The Kier molecular flexibility index (Phi) is 4.55. The number of alkyl halides is 3. The average Bonchev–Trinajstić information content (AvgIpc) is 2.48. The maximum Gasteiger partial charge on any atom is 0.406 e. The summed E-state index contributed by atoms with van der Waals surface area (Å²) >= 11 is 0. The number of sulfone groups is 1. The van der Waals surface area contributed by atoms with Gasteiger partial charge >= 0.3 is 6.18 Å². The summed E-state index contributed by atoms with van der Waals surface area (Å²) in [7, 11) is -3.62. The number of pyridine rings is 1. The minimum absolute atomic E-state index is 0.0643. The topological polar surface area (TPSA) is 81.9 Å². The van der Waals surface area contributed by atoms with Gasteiger partial charge in [0.15, 0.2) is 9.84 Å². The van der Waals surface area contributed by atoms with Crippen molar-refractivity contribution in [2.24, 2.45) is 0 Å². The van der Waals surface area contributed by atoms with Gasteiger partial charge in [-0.1, -0.05) is 6.92 Å². The number of aromatic nitrogens is 3. The monoisotopic (exact) mass is 347 g/mol. The predicted molar refractivity (Wildman–Crippen MR) is 75.5 cm³/mol. The predicted octanol–water partition coefficient (Wildman–Crippen LogP) is 1.66. The van der Waals surface area contributed by atoms with Gasteiger partial charge in [0.25, 0.3) is 5.56 Å². The summed E-state index contributed by atoms with van der Waals surface area (Å²) in [6.45, 7) is -0.0255. The Morgan fingerprint density at radius 1 is 1.26 bits per heavy atom. The molecule has 0 saturated heterocycles. The highest BCUT2D eigenvalue weighted by atomic mass is 32.2. The van der Waals surface area contributed by atoms with E-state index in [-0.39, 0.29) is 22.0 Å². The molecule has 0 aromatic carbocycles. The molecule has 0 amide bonds. The molecule has 0 aliphatic carbocycles. The Morgan fingerprint density at radius 3 is 2.52 bits per heavy atom. The molecule has 0 radical (unpaired) electrons. The van der Waals surface area contributed by atoms with Gasteiger partial charge in [-0.15, -0.1) is 0 Å². The summed E-state index contributed by atoms with van der Waals surface area (Å²) in [6, 6.07) is 3.56. The maximum absolute atomic E-state index is 12.3. The van der Waals surface area contributed by atoms with Gasteiger partial charge < -0.3 is 0 Å². The molecule has 0 aliphatic heterocycles. The standard InChI is InChI=1S/C13H12F3N3O3S/c1-2-23(21,22)10-4-3-5-17-12(10)9-6-11(20)19(8-18-9)7-13(14,15)16/h3-6,8H,2,7H2,1H3. The SMILES string of the molecule is CCS(=O)(=O)c1cccnc1-c1cc(=O)n(CC(F)(F)F)cn1. The fourth-order valence-corrected chi connectivity index (χ4v) is 2.91. The van der Waals surface area contributed by atoms with Gasteiger partial charge in [0.05, 0.1) is 22.7 Å². The molecule has 124 valence electrons. The Hall–Kier alpha value is -2.23. The van der Waals surface area contributed by atoms with Crippen molar-refractivity contribution in [2.45, 2.75) is 24.5 Å². The lowest BCUT2D eigenvalue weighted by molar-refractivity contribution is -0.141. The molecule has 2 aromatic rings. The summed E-state index contributed by atoms with van der Waals surface area (Å²) in [6.07, 6.45) is -2.52. The summed E-state index contributed by atoms with van der Waals surface area (Å²) in [4.78, 5) is 19.3. The third-order valence-electron chi connectivity index (χ3n) is 2.96. The molecule has 10 heteroatoms. The summed E-state index contributed by atoms with van der Waals surface area (Å²) in [5, 5.41) is 0. The zero-order valence-electron chi connectivity index (χ0n) is 11.9. The van der Waals surface area contributed by atoms with E-state index in [0.717, 1.165) is 12.4 Å². The summed E-state index contributed by atoms with van der Waals surface area (Å²) in [5.74, 6) is -0.184. The zero-order chi connectivity index (χ0) is 17.3. The maximum atomic E-state index is 12.3. The molecule has 2 rings (SSSR count). The molecule has 0 aliphatic rings. The Labute approximate surface area is 129 Å². The van der Waals surface area contributed by atoms with Gasteiger partial charge in [-0.2, -0.15) is 13.2 Å². The highest BCUT2D eigenvalue weighted by molar-refractivity contribution is 7.91. The van der Waals surface area contributed by atoms with Crippen LogP contribution in [0.3, 0.4) is 0 Å². The Bertz CT molecular complexity index is 876. The van der Waals surface area contributed by atoms with Gasteiger partial charge in [0.2, 0.25) is 0 Å². The Balaban J connectivity index is 2.54. The van der Waals surface area contributed by atoms with Crippen molar-refractivity contribution in [3.8, 4) is 11.4 Å². The molecule has 0 N–H and O–H groups in total. The molecule has 2 aromatic heterocycles. The van der Waals surface area contributed by atoms with Gasteiger partial charge in [-0.3, -0.25) is 14.3 Å². The van der Waals surface area contributed by atoms with Crippen LogP contribution in [0.25, 0.3) is 11.4 Å². The van der Waals surface area contributed by atoms with Gasteiger partial charge in [-0.25, -0.2) is 13.4 Å². The van der Waals surface area contributed by atoms with E-state index in [2.05, 4.69) is 9.97 Å². The van der Waals surface area contributed by atoms with E-state index in [0.29, 0.717) is 4.57 Å². The van der Waals surface area contributed by atoms with Crippen LogP contribution in [0.4, 0.5) is 13.2 Å². The average molecular weight is 347 g/mol. The van der Waals surface area contributed by atoms with E-state index >= 15 is 0 Å². The van der Waals surface area contributed by atoms with Crippen LogP contribution in [0.1, 0.15) is 6.92 Å². The molecule has 0 atom stereocenters. The quantitative estimate of drug-likeness (QED) is 0.840. The van der Waals surface area contributed by atoms with Crippen molar-refractivity contribution in [1.29, 1.82) is 0 Å². The lowest BCUT2D eigenvalue weighted by Crippen LogP contribution is -2.28. The molecule has 0 unspecified atom stereocenters. The lowest BCUT2D eigenvalue weighted by Gasteiger charge is -2.10. The van der Waals surface area contributed by atoms with Crippen LogP contribution in [0.5, 0.6) is 0 Å². The van der Waals surface area contributed by atoms with Crippen molar-refractivity contribution < 1.29 is 21.6 Å². The van der Waals surface area contributed by atoms with E-state index in [9.17, 15) is 26.4 Å². The highest BCUT2D eigenvalue weighted by Crippen LogP contribution is 2.23. The van der Waals surface area contributed by atoms with Crippen LogP contribution >= 0.6 is 0 Å². The minimum Gasteiger partial charge on any atom is -0.290 e. The number of halogens is 3. The number of rotatable bonds is 4. The van der Waals surface area contributed by atoms with Gasteiger partial charge in [-0.05, 0) is 12.1 Å². The van der Waals surface area contributed by atoms with Crippen LogP contribution in [-0.2, 0) is 16.4 Å². The zero-order valence-corrected chi connectivity index (χ0v) is 12.7. The fourth-order valence-electron chi connectivity index (χ4n) is 1.86. The van der Waals surface area contributed by atoms with Crippen LogP contribution in [-0.4, -0.2) is 34.9 Å². The molecule has 0 fully saturated rings. The van der Waals surface area contributed by atoms with E-state index in [1.54, 1.807) is 0 Å². The van der Waals surface area contributed by atoms with Crippen LogP contribution < -0.4 is 5.56 Å². The fraction of sp³-hybridized carbons (Fsp3) is 0.308. The first-order valence-electron chi connectivity index (χ1n) is 6.45. The Morgan fingerprint density at radius 2 is 1.96 bits per heavy atom. The van der Waals surface area contributed by atoms with E-state index in [4.69, 9.17) is 0 Å². The van der Waals surface area contributed by atoms with Crippen molar-refractivity contribution in [3.05, 3.63) is 41.1 Å². The second-order valence-corrected chi connectivity index (χ2v) is 6.86. The first-order chi connectivity index (χ1) is 10.6. The normalized spacial score (nSPS) is 12.3. The van der Waals surface area contributed by atoms with E-state index < -0.39 is 28.1 Å². The molecular weight excluding hydrogens is 335 g/mol. The summed E-state index contributed by atoms with van der Waals surface area (Å²) < 4.78 is 61.5. The van der Waals surface area contributed by atoms with Crippen LogP contribution in [0, 0.1) is 0 Å². The molecule has 6 nitrogen and oxygen atoms in total. The van der Waals surface area contributed by atoms with Crippen LogP contribution in [0.2, 0.25) is 0 Å². The molecular formula is C13H12F3N3O3S. The molecule has 0 saturated carbocycles. The molecule has 0 spiro atoms. The molecule has 2 heterocycles. The van der Waals surface area contributed by atoms with Crippen molar-refractivity contribution in [3.63, 3.8) is 0 Å². The molecule has 0 bridgehead atoms. The van der Waals surface area contributed by atoms with Crippen molar-refractivity contribution in [2.75, 3.05) is 5.75 Å². The summed E-state index contributed by atoms with van der Waals surface area (Å²) in [5.41, 5.74) is -1.11. The number of hydrogen-bond acceptors (Lipinski definition) is 5. The second kappa shape index (κ2) is 6.11. The third-order valence-corrected chi connectivity index (χ3v) is 4.72. The van der Waals surface area contributed by atoms with E-state index in [1.807, 2.05) is 0 Å². The van der Waals surface area contributed by atoms with Gasteiger partial charge in [0.1, 0.15) is 12.2 Å². The van der Waals surface area contributed by atoms with Crippen molar-refractivity contribution >= 4 is 9.84 Å². The third kappa shape index (κ3) is 3.95. The van der Waals surface area contributed by atoms with Gasteiger partial charge in [0, 0.05) is 12.3 Å². The van der Waals surface area contributed by atoms with Crippen molar-refractivity contribution in [1.82, 2.24) is 14.5 Å². The number of nitrogens with zero attached hydrogens (tertiary/aromatic N) is 3. The molecule has 23 heavy (non-hydrogen) atoms. The van der Waals surface area contributed by atoms with E-state index in [1.165, 1.54) is 25.3 Å². The largest absolute Gasteiger partial charge is 0.406 e. The number of hydrogen-bond donors (Lipinski definition) is 0.